The molecule has 1 atom stereocenters. The highest BCUT2D eigenvalue weighted by Gasteiger charge is 2.27. The summed E-state index contributed by atoms with van der Waals surface area (Å²) in [4.78, 5) is 14.1. The van der Waals surface area contributed by atoms with Crippen molar-refractivity contribution >= 4 is 17.9 Å². The van der Waals surface area contributed by atoms with Gasteiger partial charge in [0.2, 0.25) is 0 Å². The van der Waals surface area contributed by atoms with Crippen LogP contribution in [0.2, 0.25) is 0 Å². The lowest BCUT2D eigenvalue weighted by Gasteiger charge is -2.31. The van der Waals surface area contributed by atoms with Gasteiger partial charge in [0.05, 0.1) is 0 Å². The fourth-order valence-electron chi connectivity index (χ4n) is 3.57. The molecule has 1 N–H and O–H groups in total. The average Bonchev–Trinajstić information content (AvgIpc) is 2.72. The summed E-state index contributed by atoms with van der Waals surface area (Å²) in [6, 6.07) is 1.23. The van der Waals surface area contributed by atoms with Crippen LogP contribution < -0.4 is 5.32 Å². The molecule has 134 valence electrons. The van der Waals surface area contributed by atoms with Crippen molar-refractivity contribution in [2.24, 2.45) is 0 Å². The van der Waals surface area contributed by atoms with E-state index in [0.29, 0.717) is 12.1 Å². The first-order chi connectivity index (χ1) is 10.9. The molecule has 2 rings (SSSR count). The molecule has 0 bridgehead atoms. The fourth-order valence-corrected chi connectivity index (χ4v) is 4.31. The number of nitrogens with zero attached hydrogens (tertiary/aromatic N) is 1. The molecule has 0 aromatic heterocycles. The molecule has 0 radical (unpaired) electrons. The molecule has 1 aliphatic carbocycles. The van der Waals surface area contributed by atoms with Crippen molar-refractivity contribution in [1.29, 1.82) is 0 Å². The van der Waals surface area contributed by atoms with E-state index in [-0.39, 0.29) is 6.09 Å². The molecule has 1 saturated heterocycles. The Hall–Kier alpha value is -0.420. The first-order valence-electron chi connectivity index (χ1n) is 9.14. The van der Waals surface area contributed by atoms with Crippen molar-refractivity contribution < 1.29 is 9.53 Å². The molecular formula is C18H34N2O2S. The number of carbonyl (C=O) groups excluding carboxylic acids is 1. The van der Waals surface area contributed by atoms with Crippen LogP contribution in [0.1, 0.15) is 65.7 Å². The maximum atomic E-state index is 12.2. The molecule has 2 aliphatic rings. The zero-order valence-electron chi connectivity index (χ0n) is 15.3. The molecule has 23 heavy (non-hydrogen) atoms. The Bertz CT molecular complexity index is 376. The first-order valence-corrected chi connectivity index (χ1v) is 10.4. The van der Waals surface area contributed by atoms with Crippen molar-refractivity contribution in [3.8, 4) is 0 Å². The summed E-state index contributed by atoms with van der Waals surface area (Å²) in [6.45, 7) is 7.42. The second kappa shape index (κ2) is 8.61. The van der Waals surface area contributed by atoms with Crippen molar-refractivity contribution in [1.82, 2.24) is 10.2 Å². The summed E-state index contributed by atoms with van der Waals surface area (Å²) < 4.78 is 5.51. The fraction of sp³-hybridized carbons (Fsp3) is 0.944. The standard InChI is InChI=1S/C18H34N2O2S/c1-18(2,3)22-17(21)20-12-5-6-14(11-13-20)19-15-7-9-16(23-4)10-8-15/h14-16,19H,5-13H2,1-4H3. The minimum atomic E-state index is -0.406. The Balaban J connectivity index is 1.74. The van der Waals surface area contributed by atoms with E-state index in [0.717, 1.165) is 31.2 Å². The Morgan fingerprint density at radius 2 is 1.70 bits per heavy atom. The van der Waals surface area contributed by atoms with E-state index in [9.17, 15) is 4.79 Å². The highest BCUT2D eigenvalue weighted by atomic mass is 32.2. The summed E-state index contributed by atoms with van der Waals surface area (Å²) in [7, 11) is 0. The maximum Gasteiger partial charge on any atom is 0.410 e. The number of nitrogens with one attached hydrogen (secondary N) is 1. The molecule has 0 aromatic rings. The lowest BCUT2D eigenvalue weighted by atomic mass is 9.93. The van der Waals surface area contributed by atoms with Gasteiger partial charge in [0.1, 0.15) is 5.60 Å². The SMILES string of the molecule is CSC1CCC(NC2CCCN(C(=O)OC(C)(C)C)CC2)CC1. The molecule has 5 heteroatoms. The summed E-state index contributed by atoms with van der Waals surface area (Å²) in [5.74, 6) is 0. The minimum Gasteiger partial charge on any atom is -0.444 e. The topological polar surface area (TPSA) is 41.6 Å². The number of likely N-dealkylation sites (tertiary alicyclic amines) is 1. The van der Waals surface area contributed by atoms with Gasteiger partial charge >= 0.3 is 6.09 Å². The van der Waals surface area contributed by atoms with Gasteiger partial charge in [0.15, 0.2) is 0 Å². The Morgan fingerprint density at radius 1 is 1.04 bits per heavy atom. The van der Waals surface area contributed by atoms with Crippen molar-refractivity contribution in [2.45, 2.75) is 88.7 Å². The number of hydrogen-bond acceptors (Lipinski definition) is 4. The van der Waals surface area contributed by atoms with E-state index in [1.54, 1.807) is 0 Å². The number of carbonyl (C=O) groups is 1. The number of amides is 1. The highest BCUT2D eigenvalue weighted by molar-refractivity contribution is 7.99. The van der Waals surface area contributed by atoms with E-state index < -0.39 is 5.60 Å². The van der Waals surface area contributed by atoms with Crippen LogP contribution in [0.3, 0.4) is 0 Å². The van der Waals surface area contributed by atoms with Crippen LogP contribution >= 0.6 is 11.8 Å². The van der Waals surface area contributed by atoms with E-state index in [1.807, 2.05) is 37.4 Å². The summed E-state index contributed by atoms with van der Waals surface area (Å²) in [5, 5.41) is 4.73. The average molecular weight is 343 g/mol. The second-order valence-electron chi connectivity index (χ2n) is 7.97. The third-order valence-electron chi connectivity index (χ3n) is 4.86. The zero-order chi connectivity index (χ0) is 16.9. The Morgan fingerprint density at radius 3 is 2.30 bits per heavy atom. The van der Waals surface area contributed by atoms with E-state index >= 15 is 0 Å². The molecule has 0 aromatic carbocycles. The number of rotatable bonds is 3. The lowest BCUT2D eigenvalue weighted by molar-refractivity contribution is 0.0256. The van der Waals surface area contributed by atoms with Gasteiger partial charge in [0.25, 0.3) is 0 Å². The summed E-state index contributed by atoms with van der Waals surface area (Å²) >= 11 is 2.02. The van der Waals surface area contributed by atoms with Crippen LogP contribution in [-0.4, -0.2) is 53.3 Å². The Labute approximate surface area is 146 Å². The van der Waals surface area contributed by atoms with Crippen molar-refractivity contribution in [3.63, 3.8) is 0 Å². The molecular weight excluding hydrogens is 308 g/mol. The lowest BCUT2D eigenvalue weighted by Crippen LogP contribution is -2.42. The molecule has 1 aliphatic heterocycles. The summed E-state index contributed by atoms with van der Waals surface area (Å²) in [6.07, 6.45) is 10.6. The molecule has 1 heterocycles. The van der Waals surface area contributed by atoms with Crippen LogP contribution in [0.5, 0.6) is 0 Å². The summed E-state index contributed by atoms with van der Waals surface area (Å²) in [5.41, 5.74) is -0.406. The van der Waals surface area contributed by atoms with E-state index in [4.69, 9.17) is 4.74 Å². The van der Waals surface area contributed by atoms with Crippen LogP contribution in [0, 0.1) is 0 Å². The number of hydrogen-bond donors (Lipinski definition) is 1. The third kappa shape index (κ3) is 6.54. The van der Waals surface area contributed by atoms with E-state index in [2.05, 4.69) is 11.6 Å². The van der Waals surface area contributed by atoms with Crippen LogP contribution in [0.15, 0.2) is 0 Å². The van der Waals surface area contributed by atoms with Crippen LogP contribution in [-0.2, 0) is 4.74 Å². The largest absolute Gasteiger partial charge is 0.444 e. The van der Waals surface area contributed by atoms with Gasteiger partial charge in [-0.05, 0) is 72.0 Å². The normalized spacial score (nSPS) is 29.9. The predicted octanol–water partition coefficient (Wildman–Crippen LogP) is 4.04. The smallest absolute Gasteiger partial charge is 0.410 e. The van der Waals surface area contributed by atoms with E-state index in [1.165, 1.54) is 32.1 Å². The second-order valence-corrected chi connectivity index (χ2v) is 9.11. The van der Waals surface area contributed by atoms with Gasteiger partial charge in [-0.1, -0.05) is 0 Å². The van der Waals surface area contributed by atoms with Gasteiger partial charge in [-0.2, -0.15) is 11.8 Å². The number of thioether (sulfide) groups is 1. The zero-order valence-corrected chi connectivity index (χ0v) is 16.1. The first kappa shape index (κ1) is 18.9. The van der Waals surface area contributed by atoms with Crippen LogP contribution in [0.25, 0.3) is 0 Å². The van der Waals surface area contributed by atoms with Crippen LogP contribution in [0.4, 0.5) is 4.79 Å². The van der Waals surface area contributed by atoms with Gasteiger partial charge in [0, 0.05) is 30.4 Å². The quantitative estimate of drug-likeness (QED) is 0.840. The molecule has 0 spiro atoms. The van der Waals surface area contributed by atoms with Gasteiger partial charge < -0.3 is 15.0 Å². The third-order valence-corrected chi connectivity index (χ3v) is 6.00. The maximum absolute atomic E-state index is 12.2. The minimum absolute atomic E-state index is 0.154. The molecule has 1 unspecified atom stereocenters. The van der Waals surface area contributed by atoms with Crippen molar-refractivity contribution in [3.05, 3.63) is 0 Å². The van der Waals surface area contributed by atoms with Gasteiger partial charge in [-0.3, -0.25) is 0 Å². The molecule has 1 saturated carbocycles. The molecule has 1 amide bonds. The van der Waals surface area contributed by atoms with Gasteiger partial charge in [-0.25, -0.2) is 4.79 Å². The highest BCUT2D eigenvalue weighted by Crippen LogP contribution is 2.27. The Kier molecular flexibility index (Phi) is 7.08. The molecule has 4 nitrogen and oxygen atoms in total. The predicted molar refractivity (Wildman–Crippen MR) is 98.1 cm³/mol. The number of ether oxygens (including phenoxy) is 1. The monoisotopic (exact) mass is 342 g/mol. The van der Waals surface area contributed by atoms with Gasteiger partial charge in [-0.15, -0.1) is 0 Å². The molecule has 2 fully saturated rings. The van der Waals surface area contributed by atoms with Crippen molar-refractivity contribution in [2.75, 3.05) is 19.3 Å².